The number of aromatic amines is 1. The van der Waals surface area contributed by atoms with E-state index in [-0.39, 0.29) is 17.0 Å². The van der Waals surface area contributed by atoms with Crippen molar-refractivity contribution in [2.24, 2.45) is 0 Å². The van der Waals surface area contributed by atoms with Gasteiger partial charge >= 0.3 is 13.5 Å². The van der Waals surface area contributed by atoms with Crippen LogP contribution in [0, 0.1) is 6.92 Å². The Balaban J connectivity index is 2.21. The molecule has 0 spiro atoms. The smallest absolute Gasteiger partial charge is 0.507 e. The maximum Gasteiger partial charge on any atom is 0.524 e. The first-order valence-electron chi connectivity index (χ1n) is 10.1. The third-order valence-corrected chi connectivity index (χ3v) is 5.44. The zero-order valence-electron chi connectivity index (χ0n) is 18.3. The third-order valence-electron chi connectivity index (χ3n) is 5.01. The summed E-state index contributed by atoms with van der Waals surface area (Å²) in [6.07, 6.45) is 1.55. The number of benzene rings is 2. The lowest BCUT2D eigenvalue weighted by Gasteiger charge is -2.20. The van der Waals surface area contributed by atoms with Gasteiger partial charge in [0, 0.05) is 19.7 Å². The molecule has 176 valence electrons. The molecule has 0 aliphatic heterocycles. The van der Waals surface area contributed by atoms with Crippen LogP contribution in [-0.2, 0) is 4.57 Å². The Morgan fingerprint density at radius 3 is 2.61 bits per heavy atom. The van der Waals surface area contributed by atoms with E-state index in [0.717, 1.165) is 18.1 Å². The van der Waals surface area contributed by atoms with Crippen molar-refractivity contribution in [3.8, 4) is 28.6 Å². The number of carbonyl (C=O) groups excluding carboxylic acids is 1. The molecular weight excluding hydrogens is 451 g/mol. The Morgan fingerprint density at radius 1 is 1.27 bits per heavy atom. The average molecular weight is 476 g/mol. The Labute approximate surface area is 189 Å². The van der Waals surface area contributed by atoms with Gasteiger partial charge in [0.15, 0.2) is 5.82 Å². The number of H-pyrrole nitrogens is 1. The highest BCUT2D eigenvalue weighted by molar-refractivity contribution is 7.46. The van der Waals surface area contributed by atoms with Crippen molar-refractivity contribution in [1.29, 1.82) is 0 Å². The van der Waals surface area contributed by atoms with E-state index in [0.29, 0.717) is 18.7 Å². The van der Waals surface area contributed by atoms with Crippen LogP contribution < -0.4 is 10.2 Å². The number of hydrogen-bond acceptors (Lipinski definition) is 6. The molecule has 1 aromatic heterocycles. The van der Waals surface area contributed by atoms with E-state index in [1.807, 2.05) is 6.92 Å². The molecule has 0 saturated carbocycles. The van der Waals surface area contributed by atoms with Crippen LogP contribution in [0.25, 0.3) is 17.1 Å². The van der Waals surface area contributed by atoms with E-state index in [9.17, 15) is 29.0 Å². The summed E-state index contributed by atoms with van der Waals surface area (Å²) in [5.74, 6) is -1.54. The minimum Gasteiger partial charge on any atom is -0.507 e. The number of unbranched alkanes of at least 4 members (excludes halogenated alkanes) is 1. The fourth-order valence-corrected chi connectivity index (χ4v) is 3.74. The summed E-state index contributed by atoms with van der Waals surface area (Å²) in [7, 11) is -3.49. The molecule has 0 radical (unpaired) electrons. The predicted octanol–water partition coefficient (Wildman–Crippen LogP) is 2.59. The van der Waals surface area contributed by atoms with Crippen LogP contribution in [0.15, 0.2) is 41.2 Å². The highest BCUT2D eigenvalue weighted by Crippen LogP contribution is 2.43. The van der Waals surface area contributed by atoms with Gasteiger partial charge in [-0.2, -0.15) is 5.10 Å². The number of aromatic hydroxyl groups is 1. The Hall–Kier alpha value is -3.40. The number of amides is 1. The van der Waals surface area contributed by atoms with Crippen molar-refractivity contribution in [3.05, 3.63) is 58.0 Å². The van der Waals surface area contributed by atoms with Crippen molar-refractivity contribution >= 4 is 13.7 Å². The maximum absolute atomic E-state index is 13.1. The van der Waals surface area contributed by atoms with Gasteiger partial charge in [-0.3, -0.25) is 14.6 Å². The van der Waals surface area contributed by atoms with Crippen molar-refractivity contribution in [2.75, 3.05) is 13.6 Å². The number of nitrogens with zero attached hydrogens (tertiary/aromatic N) is 3. The number of rotatable bonds is 8. The van der Waals surface area contributed by atoms with Gasteiger partial charge in [-0.05, 0) is 31.0 Å². The van der Waals surface area contributed by atoms with Gasteiger partial charge in [0.2, 0.25) is 0 Å². The molecule has 0 atom stereocenters. The number of aromatic nitrogens is 3. The Kier molecular flexibility index (Phi) is 7.06. The number of phenols is 1. The van der Waals surface area contributed by atoms with Crippen LogP contribution >= 0.6 is 7.82 Å². The molecule has 12 heteroatoms. The molecule has 4 N–H and O–H groups in total. The largest absolute Gasteiger partial charge is 0.524 e. The Morgan fingerprint density at radius 2 is 1.97 bits per heavy atom. The highest BCUT2D eigenvalue weighted by Gasteiger charge is 2.27. The van der Waals surface area contributed by atoms with Crippen LogP contribution in [-0.4, -0.2) is 54.1 Å². The van der Waals surface area contributed by atoms with Crippen molar-refractivity contribution in [2.45, 2.75) is 26.7 Å². The zero-order valence-corrected chi connectivity index (χ0v) is 19.2. The van der Waals surface area contributed by atoms with E-state index in [1.54, 1.807) is 38.2 Å². The van der Waals surface area contributed by atoms with Crippen molar-refractivity contribution in [1.82, 2.24) is 19.7 Å². The molecule has 0 aliphatic carbocycles. The molecule has 0 aliphatic rings. The highest BCUT2D eigenvalue weighted by atomic mass is 31.2. The van der Waals surface area contributed by atoms with Crippen LogP contribution in [0.4, 0.5) is 0 Å². The molecule has 0 unspecified atom stereocenters. The normalized spacial score (nSPS) is 11.4. The second kappa shape index (κ2) is 9.62. The SMILES string of the molecule is CCCCN(C)C(=O)c1cc(-c2n[nH]c(=O)n2-c2ccccc2C)c(O)cc1OP(=O)(O)O. The first kappa shape index (κ1) is 24.2. The summed E-state index contributed by atoms with van der Waals surface area (Å²) in [4.78, 5) is 45.6. The Bertz CT molecular complexity index is 1280. The quantitative estimate of drug-likeness (QED) is 0.361. The van der Waals surface area contributed by atoms with Crippen LogP contribution in [0.2, 0.25) is 0 Å². The second-order valence-electron chi connectivity index (χ2n) is 7.50. The summed E-state index contributed by atoms with van der Waals surface area (Å²) in [5.41, 5.74) is 0.508. The van der Waals surface area contributed by atoms with Crippen molar-refractivity contribution < 1.29 is 28.8 Å². The summed E-state index contributed by atoms with van der Waals surface area (Å²) in [5, 5.41) is 17.0. The molecular formula is C21H25N4O7P. The number of para-hydroxylation sites is 1. The number of phenolic OH excluding ortho intramolecular Hbond substituents is 1. The van der Waals surface area contributed by atoms with Crippen molar-refractivity contribution in [3.63, 3.8) is 0 Å². The monoisotopic (exact) mass is 476 g/mol. The molecule has 1 amide bonds. The van der Waals surface area contributed by atoms with E-state index in [2.05, 4.69) is 14.7 Å². The fourth-order valence-electron chi connectivity index (χ4n) is 3.34. The summed E-state index contributed by atoms with van der Waals surface area (Å²) < 4.78 is 17.4. The predicted molar refractivity (Wildman–Crippen MR) is 121 cm³/mol. The van der Waals surface area contributed by atoms with Crippen LogP contribution in [0.1, 0.15) is 35.7 Å². The van der Waals surface area contributed by atoms with E-state index in [1.165, 1.54) is 15.5 Å². The number of phosphoric ester groups is 1. The summed E-state index contributed by atoms with van der Waals surface area (Å²) in [6, 6.07) is 9.17. The third kappa shape index (κ3) is 5.33. The number of hydrogen-bond donors (Lipinski definition) is 4. The zero-order chi connectivity index (χ0) is 24.3. The van der Waals surface area contributed by atoms with Gasteiger partial charge in [-0.25, -0.2) is 19.0 Å². The summed E-state index contributed by atoms with van der Waals surface area (Å²) in [6.45, 7) is 4.16. The number of phosphoric acid groups is 1. The molecule has 33 heavy (non-hydrogen) atoms. The van der Waals surface area contributed by atoms with Gasteiger partial charge in [0.25, 0.3) is 5.91 Å². The lowest BCUT2D eigenvalue weighted by atomic mass is 10.1. The van der Waals surface area contributed by atoms with Gasteiger partial charge in [-0.15, -0.1) is 0 Å². The van der Waals surface area contributed by atoms with E-state index >= 15 is 0 Å². The number of aryl methyl sites for hydroxylation is 1. The molecule has 0 saturated heterocycles. The second-order valence-corrected chi connectivity index (χ2v) is 8.67. The average Bonchev–Trinajstić information content (AvgIpc) is 3.11. The molecule has 3 rings (SSSR count). The van der Waals surface area contributed by atoms with Crippen LogP contribution in [0.5, 0.6) is 11.5 Å². The maximum atomic E-state index is 13.1. The molecule has 1 heterocycles. The number of nitrogens with one attached hydrogen (secondary N) is 1. The molecule has 11 nitrogen and oxygen atoms in total. The molecule has 3 aromatic rings. The molecule has 0 fully saturated rings. The van der Waals surface area contributed by atoms with E-state index in [4.69, 9.17) is 0 Å². The fraction of sp³-hybridized carbons (Fsp3) is 0.286. The number of carbonyl (C=O) groups is 1. The topological polar surface area (TPSA) is 158 Å². The lowest BCUT2D eigenvalue weighted by Crippen LogP contribution is -2.28. The van der Waals surface area contributed by atoms with Crippen LogP contribution in [0.3, 0.4) is 0 Å². The van der Waals surface area contributed by atoms with E-state index < -0.39 is 30.9 Å². The first-order valence-corrected chi connectivity index (χ1v) is 11.7. The van der Waals surface area contributed by atoms with Gasteiger partial charge in [0.1, 0.15) is 11.5 Å². The molecule has 2 aromatic carbocycles. The molecule has 0 bridgehead atoms. The minimum absolute atomic E-state index is 0.00177. The van der Waals surface area contributed by atoms with Gasteiger partial charge < -0.3 is 14.5 Å². The van der Waals surface area contributed by atoms with Gasteiger partial charge in [-0.1, -0.05) is 31.5 Å². The lowest BCUT2D eigenvalue weighted by molar-refractivity contribution is 0.0791. The minimum atomic E-state index is -5.03. The summed E-state index contributed by atoms with van der Waals surface area (Å²) >= 11 is 0. The van der Waals surface area contributed by atoms with Gasteiger partial charge in [0.05, 0.1) is 16.8 Å². The standard InChI is InChI=1S/C21H25N4O7P/c1-4-5-10-24(3)20(27)15-11-14(17(26)12-18(15)32-33(29,30)31)19-22-23-21(28)25(19)16-9-7-6-8-13(16)2/h6-9,11-12,26H,4-5,10H2,1-3H3,(H,23,28)(H2,29,30,31). The first-order chi connectivity index (χ1) is 15.5.